The molecular weight excluding hydrogens is 264 g/mol. The molecule has 0 saturated carbocycles. The molecule has 0 radical (unpaired) electrons. The van der Waals surface area contributed by atoms with Gasteiger partial charge in [-0.25, -0.2) is 0 Å². The van der Waals surface area contributed by atoms with E-state index in [-0.39, 0.29) is 0 Å². The van der Waals surface area contributed by atoms with E-state index in [1.54, 1.807) is 0 Å². The fraction of sp³-hybridized carbons (Fsp3) is 0.900. The molecule has 1 heterocycles. The summed E-state index contributed by atoms with van der Waals surface area (Å²) >= 11 is 0. The van der Waals surface area contributed by atoms with E-state index in [2.05, 4.69) is 0 Å². The van der Waals surface area contributed by atoms with Gasteiger partial charge >= 0.3 is 0 Å². The van der Waals surface area contributed by atoms with Crippen molar-refractivity contribution < 1.29 is 45.3 Å². The Balaban J connectivity index is 2.84. The first-order valence-corrected chi connectivity index (χ1v) is 5.66. The molecule has 0 bridgehead atoms. The molecule has 1 saturated heterocycles. The number of aliphatic hydroxyl groups is 7. The van der Waals surface area contributed by atoms with Gasteiger partial charge < -0.3 is 40.5 Å². The lowest BCUT2D eigenvalue weighted by Gasteiger charge is -2.40. The van der Waals surface area contributed by atoms with Gasteiger partial charge in [0, 0.05) is 0 Å². The Bertz CT molecular complexity index is 307. The number of aliphatic hydroxyl groups excluding tert-OH is 7. The van der Waals surface area contributed by atoms with Crippen LogP contribution >= 0.6 is 0 Å². The van der Waals surface area contributed by atoms with Crippen molar-refractivity contribution in [2.45, 2.75) is 42.7 Å². The zero-order valence-electron chi connectivity index (χ0n) is 9.90. The lowest BCUT2D eigenvalue weighted by Crippen LogP contribution is -2.62. The van der Waals surface area contributed by atoms with Crippen molar-refractivity contribution in [3.63, 3.8) is 0 Å². The van der Waals surface area contributed by atoms with Crippen molar-refractivity contribution in [3.8, 4) is 0 Å². The van der Waals surface area contributed by atoms with Crippen molar-refractivity contribution in [2.24, 2.45) is 0 Å². The second kappa shape index (κ2) is 6.68. The minimum Gasteiger partial charge on any atom is -0.394 e. The number of hydrogen-bond acceptors (Lipinski definition) is 9. The average molecular weight is 282 g/mol. The minimum atomic E-state index is -2.02. The molecule has 3 unspecified atom stereocenters. The predicted octanol–water partition coefficient (Wildman–Crippen LogP) is -4.89. The third-order valence-electron chi connectivity index (χ3n) is 3.02. The highest BCUT2D eigenvalue weighted by molar-refractivity contribution is 5.88. The van der Waals surface area contributed by atoms with Gasteiger partial charge in [-0.05, 0) is 0 Å². The number of carbonyl (C=O) groups is 1. The summed E-state index contributed by atoms with van der Waals surface area (Å²) in [5, 5.41) is 64.6. The van der Waals surface area contributed by atoms with Gasteiger partial charge in [-0.15, -0.1) is 0 Å². The highest BCUT2D eigenvalue weighted by Crippen LogP contribution is 2.23. The monoisotopic (exact) mass is 282 g/mol. The quantitative estimate of drug-likeness (QED) is 0.261. The van der Waals surface area contributed by atoms with Gasteiger partial charge in [0.25, 0.3) is 0 Å². The van der Waals surface area contributed by atoms with Crippen LogP contribution in [0.25, 0.3) is 0 Å². The smallest absolute Gasteiger partial charge is 0.195 e. The molecule has 19 heavy (non-hydrogen) atoms. The Morgan fingerprint density at radius 2 is 1.63 bits per heavy atom. The number of hydrogen-bond donors (Lipinski definition) is 7. The van der Waals surface area contributed by atoms with Crippen LogP contribution in [0.3, 0.4) is 0 Å². The summed E-state index contributed by atoms with van der Waals surface area (Å²) in [5.41, 5.74) is 0. The number of Topliss-reactive ketones (excluding diaryl/α,β-unsaturated/α-hetero) is 1. The molecule has 9 heteroatoms. The topological polar surface area (TPSA) is 168 Å². The van der Waals surface area contributed by atoms with E-state index < -0.39 is 61.7 Å². The average Bonchev–Trinajstić information content (AvgIpc) is 2.42. The van der Waals surface area contributed by atoms with E-state index in [1.165, 1.54) is 0 Å². The molecule has 0 aromatic rings. The van der Waals surface area contributed by atoms with E-state index in [9.17, 15) is 25.2 Å². The fourth-order valence-corrected chi connectivity index (χ4v) is 1.79. The first kappa shape index (κ1) is 16.4. The predicted molar refractivity (Wildman–Crippen MR) is 57.9 cm³/mol. The molecule has 0 aliphatic carbocycles. The standard InChI is InChI=1S/C10H18O9/c11-1-3(13)5(14)8(17)10-9(18)7(16)6(15)4(2-12)19-10/h3-7,9-16,18H,1-2H2/t3?,4-,5?,6-,7+,9+,10?/m1/s1. The van der Waals surface area contributed by atoms with Gasteiger partial charge in [0.1, 0.15) is 42.7 Å². The molecule has 1 aliphatic rings. The number of rotatable bonds is 5. The van der Waals surface area contributed by atoms with Crippen molar-refractivity contribution in [2.75, 3.05) is 13.2 Å². The van der Waals surface area contributed by atoms with Gasteiger partial charge in [0.05, 0.1) is 13.2 Å². The summed E-state index contributed by atoms with van der Waals surface area (Å²) in [5.74, 6) is -1.17. The summed E-state index contributed by atoms with van der Waals surface area (Å²) < 4.78 is 4.90. The second-order valence-corrected chi connectivity index (χ2v) is 4.35. The molecule has 9 nitrogen and oxygen atoms in total. The van der Waals surface area contributed by atoms with Gasteiger partial charge in [-0.1, -0.05) is 0 Å². The summed E-state index contributed by atoms with van der Waals surface area (Å²) in [6.45, 7) is -1.60. The minimum absolute atomic E-state index is 0.715. The van der Waals surface area contributed by atoms with Crippen molar-refractivity contribution in [3.05, 3.63) is 0 Å². The van der Waals surface area contributed by atoms with Crippen molar-refractivity contribution in [1.82, 2.24) is 0 Å². The summed E-state index contributed by atoms with van der Waals surface area (Å²) in [4.78, 5) is 11.7. The molecule has 7 atom stereocenters. The number of ether oxygens (including phenoxy) is 1. The van der Waals surface area contributed by atoms with E-state index in [0.717, 1.165) is 0 Å². The van der Waals surface area contributed by atoms with Crippen LogP contribution in [0.15, 0.2) is 0 Å². The number of carbonyl (C=O) groups excluding carboxylic acids is 1. The zero-order valence-corrected chi connectivity index (χ0v) is 9.90. The molecule has 1 rings (SSSR count). The maximum absolute atomic E-state index is 11.7. The van der Waals surface area contributed by atoms with Crippen LogP contribution < -0.4 is 0 Å². The van der Waals surface area contributed by atoms with E-state index >= 15 is 0 Å². The molecule has 7 N–H and O–H groups in total. The Kier molecular flexibility index (Phi) is 5.77. The van der Waals surface area contributed by atoms with E-state index in [4.69, 9.17) is 20.1 Å². The van der Waals surface area contributed by atoms with Crippen LogP contribution in [0.4, 0.5) is 0 Å². The van der Waals surface area contributed by atoms with Gasteiger partial charge in [-0.2, -0.15) is 0 Å². The third-order valence-corrected chi connectivity index (χ3v) is 3.02. The maximum atomic E-state index is 11.7. The van der Waals surface area contributed by atoms with Crippen LogP contribution in [0.2, 0.25) is 0 Å². The molecule has 112 valence electrons. The molecule has 1 fully saturated rings. The summed E-state index contributed by atoms with van der Waals surface area (Å²) in [6, 6.07) is 0. The van der Waals surface area contributed by atoms with Crippen LogP contribution in [-0.4, -0.2) is 97.5 Å². The van der Waals surface area contributed by atoms with Crippen LogP contribution in [0.5, 0.6) is 0 Å². The van der Waals surface area contributed by atoms with E-state index in [1.807, 2.05) is 0 Å². The molecule has 1 aliphatic heterocycles. The molecule has 0 amide bonds. The SMILES string of the molecule is O=C(C(O)C(O)CO)C1O[C@H](CO)[C@@H](O)[C@H](O)[C@@H]1O. The molecule has 0 aromatic heterocycles. The summed E-state index contributed by atoms with van der Waals surface area (Å²) in [7, 11) is 0. The van der Waals surface area contributed by atoms with Crippen LogP contribution in [-0.2, 0) is 9.53 Å². The Morgan fingerprint density at radius 3 is 2.11 bits per heavy atom. The van der Waals surface area contributed by atoms with Crippen molar-refractivity contribution >= 4 is 5.78 Å². The summed E-state index contributed by atoms with van der Waals surface area (Å²) in [6.07, 6.45) is -12.0. The Hall–Kier alpha value is -0.650. The van der Waals surface area contributed by atoms with E-state index in [0.29, 0.717) is 0 Å². The van der Waals surface area contributed by atoms with Crippen LogP contribution in [0.1, 0.15) is 0 Å². The largest absolute Gasteiger partial charge is 0.394 e. The van der Waals surface area contributed by atoms with Crippen molar-refractivity contribution in [1.29, 1.82) is 0 Å². The first-order chi connectivity index (χ1) is 8.84. The Morgan fingerprint density at radius 1 is 1.05 bits per heavy atom. The normalized spacial score (nSPS) is 38.8. The maximum Gasteiger partial charge on any atom is 0.195 e. The van der Waals surface area contributed by atoms with Gasteiger partial charge in [0.15, 0.2) is 5.78 Å². The highest BCUT2D eigenvalue weighted by atomic mass is 16.5. The fourth-order valence-electron chi connectivity index (χ4n) is 1.79. The second-order valence-electron chi connectivity index (χ2n) is 4.35. The number of ketones is 1. The molecule has 0 aromatic carbocycles. The molecular formula is C10H18O9. The van der Waals surface area contributed by atoms with Crippen LogP contribution in [0, 0.1) is 0 Å². The molecule has 0 spiro atoms. The third kappa shape index (κ3) is 3.27. The first-order valence-electron chi connectivity index (χ1n) is 5.66. The Labute approximate surface area is 108 Å². The zero-order chi connectivity index (χ0) is 14.7. The lowest BCUT2D eigenvalue weighted by atomic mass is 9.90. The lowest BCUT2D eigenvalue weighted by molar-refractivity contribution is -0.230. The van der Waals surface area contributed by atoms with Gasteiger partial charge in [0.2, 0.25) is 0 Å². The highest BCUT2D eigenvalue weighted by Gasteiger charge is 2.48. The van der Waals surface area contributed by atoms with Gasteiger partial charge in [-0.3, -0.25) is 4.79 Å².